The summed E-state index contributed by atoms with van der Waals surface area (Å²) in [6.45, 7) is 2.07. The van der Waals surface area contributed by atoms with Crippen molar-refractivity contribution in [2.45, 2.75) is 6.92 Å². The van der Waals surface area contributed by atoms with E-state index in [1.807, 2.05) is 55.0 Å². The van der Waals surface area contributed by atoms with Crippen molar-refractivity contribution in [2.75, 3.05) is 0 Å². The number of hydrogen-bond donors (Lipinski definition) is 0. The summed E-state index contributed by atoms with van der Waals surface area (Å²) >= 11 is 0. The summed E-state index contributed by atoms with van der Waals surface area (Å²) in [7, 11) is 0. The van der Waals surface area contributed by atoms with Crippen LogP contribution in [0.4, 0.5) is 0 Å². The molecule has 148 valence electrons. The van der Waals surface area contributed by atoms with Gasteiger partial charge in [-0.2, -0.15) is 0 Å². The highest BCUT2D eigenvalue weighted by Crippen LogP contribution is 2.34. The van der Waals surface area contributed by atoms with Crippen LogP contribution in [0.1, 0.15) is 5.56 Å². The molecule has 0 saturated heterocycles. The van der Waals surface area contributed by atoms with Crippen molar-refractivity contribution in [1.29, 1.82) is 0 Å². The Kier molecular flexibility index (Phi) is 3.96. The fourth-order valence-corrected chi connectivity index (χ4v) is 4.24. The minimum absolute atomic E-state index is 0.783. The smallest absolute Gasteiger partial charge is 0.145 e. The van der Waals surface area contributed by atoms with E-state index < -0.39 is 0 Å². The number of aromatic nitrogens is 3. The van der Waals surface area contributed by atoms with Crippen molar-refractivity contribution >= 4 is 27.3 Å². The molecule has 3 aromatic heterocycles. The van der Waals surface area contributed by atoms with Crippen molar-refractivity contribution in [3.05, 3.63) is 103 Å². The van der Waals surface area contributed by atoms with Gasteiger partial charge in [-0.3, -0.25) is 9.38 Å². The molecule has 0 aliphatic carbocycles. The largest absolute Gasteiger partial charge is 0.457 e. The second kappa shape index (κ2) is 6.96. The Morgan fingerprint density at radius 2 is 1.61 bits per heavy atom. The molecule has 0 spiro atoms. The molecule has 0 radical (unpaired) electrons. The number of hydrogen-bond acceptors (Lipinski definition) is 3. The predicted molar refractivity (Wildman–Crippen MR) is 125 cm³/mol. The van der Waals surface area contributed by atoms with Gasteiger partial charge in [0.05, 0.1) is 11.2 Å². The van der Waals surface area contributed by atoms with E-state index in [2.05, 4.69) is 63.8 Å². The average molecular weight is 401 g/mol. The van der Waals surface area contributed by atoms with Crippen LogP contribution in [0.2, 0.25) is 0 Å². The van der Waals surface area contributed by atoms with Gasteiger partial charge in [-0.25, -0.2) is 4.98 Å². The molecular formula is C27H19N3O. The van der Waals surface area contributed by atoms with E-state index in [-0.39, 0.29) is 0 Å². The molecule has 6 rings (SSSR count). The number of ether oxygens (including phenoxy) is 1. The minimum atomic E-state index is 0.783. The lowest BCUT2D eigenvalue weighted by Gasteiger charge is -2.12. The first-order valence-electron chi connectivity index (χ1n) is 10.2. The summed E-state index contributed by atoms with van der Waals surface area (Å²) in [6, 6.07) is 26.7. The van der Waals surface area contributed by atoms with Crippen LogP contribution in [-0.2, 0) is 0 Å². The van der Waals surface area contributed by atoms with Gasteiger partial charge in [-0.1, -0.05) is 24.3 Å². The van der Waals surface area contributed by atoms with E-state index in [9.17, 15) is 0 Å². The summed E-state index contributed by atoms with van der Waals surface area (Å²) in [4.78, 5) is 9.08. The molecule has 0 atom stereocenters. The maximum Gasteiger partial charge on any atom is 0.145 e. The van der Waals surface area contributed by atoms with Crippen LogP contribution in [0.15, 0.2) is 97.5 Å². The lowest BCUT2D eigenvalue weighted by molar-refractivity contribution is 0.483. The number of benzene rings is 3. The number of aryl methyl sites for hydroxylation is 1. The Morgan fingerprint density at radius 1 is 0.710 bits per heavy atom. The van der Waals surface area contributed by atoms with E-state index in [0.717, 1.165) is 44.9 Å². The number of nitrogens with zero attached hydrogens (tertiary/aromatic N) is 3. The minimum Gasteiger partial charge on any atom is -0.457 e. The topological polar surface area (TPSA) is 39.4 Å². The first-order valence-corrected chi connectivity index (χ1v) is 10.2. The third-order valence-electron chi connectivity index (χ3n) is 5.57. The maximum atomic E-state index is 6.30. The van der Waals surface area contributed by atoms with Crippen LogP contribution in [0, 0.1) is 6.92 Å². The van der Waals surface area contributed by atoms with Gasteiger partial charge >= 0.3 is 0 Å². The summed E-state index contributed by atoms with van der Waals surface area (Å²) in [5.74, 6) is 1.57. The van der Waals surface area contributed by atoms with Gasteiger partial charge in [0.25, 0.3) is 0 Å². The zero-order valence-corrected chi connectivity index (χ0v) is 17.0. The van der Waals surface area contributed by atoms with Crippen molar-refractivity contribution in [3.63, 3.8) is 0 Å². The van der Waals surface area contributed by atoms with Crippen molar-refractivity contribution < 1.29 is 4.74 Å². The van der Waals surface area contributed by atoms with Crippen LogP contribution in [0.25, 0.3) is 38.6 Å². The second-order valence-corrected chi connectivity index (χ2v) is 7.70. The van der Waals surface area contributed by atoms with E-state index in [0.29, 0.717) is 0 Å². The molecule has 6 aromatic rings. The molecule has 0 N–H and O–H groups in total. The molecule has 0 aliphatic heterocycles. The zero-order chi connectivity index (χ0) is 20.8. The molecule has 3 heterocycles. The molecule has 0 aliphatic rings. The highest BCUT2D eigenvalue weighted by Gasteiger charge is 2.11. The van der Waals surface area contributed by atoms with E-state index >= 15 is 0 Å². The standard InChI is InChI=1S/C27H19N3O/c1-18-14-19(25-7-4-5-11-28-25)16-21(15-18)31-20-9-10-22-23-6-2-3-8-26(23)30-13-12-29-27(30)24(22)17-20/h2-17H,1H3. The zero-order valence-electron chi connectivity index (χ0n) is 17.0. The van der Waals surface area contributed by atoms with Crippen LogP contribution in [-0.4, -0.2) is 14.4 Å². The van der Waals surface area contributed by atoms with Gasteiger partial charge < -0.3 is 4.74 Å². The van der Waals surface area contributed by atoms with E-state index in [1.54, 1.807) is 0 Å². The van der Waals surface area contributed by atoms with Gasteiger partial charge in [-0.15, -0.1) is 0 Å². The molecule has 4 heteroatoms. The molecule has 0 amide bonds. The molecular weight excluding hydrogens is 382 g/mol. The average Bonchev–Trinajstić information content (AvgIpc) is 3.30. The molecule has 0 fully saturated rings. The van der Waals surface area contributed by atoms with Crippen LogP contribution >= 0.6 is 0 Å². The Balaban J connectivity index is 1.48. The van der Waals surface area contributed by atoms with Crippen LogP contribution in [0.3, 0.4) is 0 Å². The number of para-hydroxylation sites is 1. The predicted octanol–water partition coefficient (Wildman–Crippen LogP) is 6.80. The lowest BCUT2D eigenvalue weighted by atomic mass is 10.1. The van der Waals surface area contributed by atoms with Crippen LogP contribution in [0.5, 0.6) is 11.5 Å². The summed E-state index contributed by atoms with van der Waals surface area (Å²) < 4.78 is 8.43. The number of rotatable bonds is 3. The summed E-state index contributed by atoms with van der Waals surface area (Å²) in [5.41, 5.74) is 5.17. The molecule has 0 unspecified atom stereocenters. The highest BCUT2D eigenvalue weighted by molar-refractivity contribution is 6.12. The van der Waals surface area contributed by atoms with Crippen molar-refractivity contribution in [3.8, 4) is 22.8 Å². The SMILES string of the molecule is Cc1cc(Oc2ccc3c4ccccc4n4ccnc4c3c2)cc(-c2ccccn2)c1. The molecule has 3 aromatic carbocycles. The molecule has 0 saturated carbocycles. The van der Waals surface area contributed by atoms with Gasteiger partial charge in [0.2, 0.25) is 0 Å². The fourth-order valence-electron chi connectivity index (χ4n) is 4.24. The monoisotopic (exact) mass is 401 g/mol. The van der Waals surface area contributed by atoms with Gasteiger partial charge in [0.15, 0.2) is 0 Å². The van der Waals surface area contributed by atoms with Crippen LogP contribution < -0.4 is 4.74 Å². The van der Waals surface area contributed by atoms with Crippen molar-refractivity contribution in [2.24, 2.45) is 0 Å². The Bertz CT molecular complexity index is 1570. The van der Waals surface area contributed by atoms with Gasteiger partial charge in [0, 0.05) is 34.9 Å². The second-order valence-electron chi connectivity index (χ2n) is 7.70. The normalized spacial score (nSPS) is 11.4. The Morgan fingerprint density at radius 3 is 2.52 bits per heavy atom. The number of pyridine rings is 2. The highest BCUT2D eigenvalue weighted by atomic mass is 16.5. The number of imidazole rings is 1. The number of fused-ring (bicyclic) bond motifs is 6. The lowest BCUT2D eigenvalue weighted by Crippen LogP contribution is -1.92. The van der Waals surface area contributed by atoms with Gasteiger partial charge in [0.1, 0.15) is 17.1 Å². The maximum absolute atomic E-state index is 6.30. The summed E-state index contributed by atoms with van der Waals surface area (Å²) in [6.07, 6.45) is 5.65. The summed E-state index contributed by atoms with van der Waals surface area (Å²) in [5, 5.41) is 3.43. The fraction of sp³-hybridized carbons (Fsp3) is 0.0370. The first kappa shape index (κ1) is 17.7. The molecule has 31 heavy (non-hydrogen) atoms. The molecule has 4 nitrogen and oxygen atoms in total. The van der Waals surface area contributed by atoms with E-state index in [1.165, 1.54) is 10.8 Å². The van der Waals surface area contributed by atoms with E-state index in [4.69, 9.17) is 4.74 Å². The Labute approximate surface area is 179 Å². The molecule has 0 bridgehead atoms. The first-order chi connectivity index (χ1) is 15.3. The van der Waals surface area contributed by atoms with Crippen molar-refractivity contribution in [1.82, 2.24) is 14.4 Å². The van der Waals surface area contributed by atoms with Gasteiger partial charge in [-0.05, 0) is 72.5 Å². The Hall–Kier alpha value is -4.18. The third-order valence-corrected chi connectivity index (χ3v) is 5.57. The quantitative estimate of drug-likeness (QED) is 0.306. The third kappa shape index (κ3) is 3.01.